The summed E-state index contributed by atoms with van der Waals surface area (Å²) in [6.45, 7) is 2.58. The van der Waals surface area contributed by atoms with Gasteiger partial charge in [0.2, 0.25) is 100 Å². The molecule has 51 heteroatoms. The van der Waals surface area contributed by atoms with Crippen LogP contribution in [0.5, 0.6) is 5.75 Å². The number of para-hydroxylation sites is 1. The Morgan fingerprint density at radius 2 is 0.860 bits per heavy atom. The number of rotatable bonds is 73. The van der Waals surface area contributed by atoms with Crippen molar-refractivity contribution in [2.24, 2.45) is 46.1 Å². The zero-order valence-electron chi connectivity index (χ0n) is 85.5. The van der Waals surface area contributed by atoms with Gasteiger partial charge in [-0.05, 0) is 214 Å². The van der Waals surface area contributed by atoms with Crippen molar-refractivity contribution >= 4 is 135 Å². The van der Waals surface area contributed by atoms with Crippen molar-refractivity contribution in [2.75, 3.05) is 90.6 Å². The number of carbonyl (C=O) groups is 18. The van der Waals surface area contributed by atoms with Crippen LogP contribution in [-0.2, 0) is 112 Å². The van der Waals surface area contributed by atoms with Crippen molar-refractivity contribution < 1.29 is 102 Å². The van der Waals surface area contributed by atoms with Gasteiger partial charge in [-0.2, -0.15) is 11.8 Å². The van der Waals surface area contributed by atoms with E-state index in [-0.39, 0.29) is 127 Å². The van der Waals surface area contributed by atoms with Crippen LogP contribution in [0.4, 0.5) is 0 Å². The number of nitrogens with two attached hydrogens (primary N) is 7. The Hall–Kier alpha value is -14.0. The lowest BCUT2D eigenvalue weighted by Gasteiger charge is -2.30. The summed E-state index contributed by atoms with van der Waals surface area (Å²) in [7, 11) is 0. The third-order valence-electron chi connectivity index (χ3n) is 24.8. The van der Waals surface area contributed by atoms with E-state index in [2.05, 4.69) is 105 Å². The number of hydrogen-bond donors (Lipinski definition) is 30. The van der Waals surface area contributed by atoms with Gasteiger partial charge in [-0.25, -0.2) is 4.98 Å². The van der Waals surface area contributed by atoms with E-state index in [4.69, 9.17) is 45.5 Å². The van der Waals surface area contributed by atoms with Crippen LogP contribution in [0.1, 0.15) is 177 Å². The van der Waals surface area contributed by atoms with E-state index in [0.717, 1.165) is 0 Å². The number of H-pyrrole nitrogens is 2. The summed E-state index contributed by atoms with van der Waals surface area (Å²) < 4.78 is 0. The maximum atomic E-state index is 15.3. The number of carboxylic acids is 1. The molecular formula is C99H155N29O21S. The van der Waals surface area contributed by atoms with Gasteiger partial charge in [-0.15, -0.1) is 0 Å². The van der Waals surface area contributed by atoms with Gasteiger partial charge in [-0.1, -0.05) is 74.5 Å². The molecular weight excluding hydrogens is 1960 g/mol. The van der Waals surface area contributed by atoms with Gasteiger partial charge in [0, 0.05) is 93.7 Å². The molecule has 37 N–H and O–H groups in total. The van der Waals surface area contributed by atoms with Crippen LogP contribution in [0, 0.1) is 11.3 Å². The van der Waals surface area contributed by atoms with E-state index in [9.17, 15) is 87.2 Å². The fourth-order valence-electron chi connectivity index (χ4n) is 16.6. The number of nitrogens with one attached hydrogen (secondary N) is 20. The normalized spacial score (nSPS) is 14.8. The summed E-state index contributed by atoms with van der Waals surface area (Å²) in [5.41, 5.74) is 42.5. The molecule has 828 valence electrons. The first-order valence-electron chi connectivity index (χ1n) is 51.0. The van der Waals surface area contributed by atoms with E-state index in [1.807, 2.05) is 0 Å². The fraction of sp³-hybridized carbons (Fsp3) is 0.576. The molecule has 1 aliphatic heterocycles. The molecule has 1 fully saturated rings. The van der Waals surface area contributed by atoms with E-state index in [1.165, 1.54) is 53.5 Å². The fourth-order valence-corrected chi connectivity index (χ4v) is 17.0. The summed E-state index contributed by atoms with van der Waals surface area (Å²) in [5.74, 6) is -16.8. The van der Waals surface area contributed by atoms with Crippen LogP contribution in [0.25, 0.3) is 10.9 Å². The molecule has 1 saturated heterocycles. The average Bonchev–Trinajstić information content (AvgIpc) is 1.73. The Morgan fingerprint density at radius 1 is 0.433 bits per heavy atom. The smallest absolute Gasteiger partial charge is 0.303 e. The second kappa shape index (κ2) is 68.6. The number of hydrogen-bond acceptors (Lipinski definition) is 29. The first-order chi connectivity index (χ1) is 72.0. The number of aromatic nitrogens is 3. The number of benzene rings is 3. The van der Waals surface area contributed by atoms with E-state index in [0.29, 0.717) is 124 Å². The number of nitrogens with zero attached hydrogens (tertiary/aromatic N) is 2. The third-order valence-corrected chi connectivity index (χ3v) is 25.5. The molecule has 5 aromatic rings. The number of aromatic amines is 2. The van der Waals surface area contributed by atoms with E-state index in [1.54, 1.807) is 80.9 Å². The van der Waals surface area contributed by atoms with Crippen molar-refractivity contribution in [2.45, 2.75) is 265 Å². The molecule has 150 heavy (non-hydrogen) atoms. The molecule has 6 rings (SSSR count). The highest BCUT2D eigenvalue weighted by Crippen LogP contribution is 2.24. The first kappa shape index (κ1) is 125. The molecule has 50 nitrogen and oxygen atoms in total. The number of carboxylic acid groups (broad SMARTS) is 1. The number of likely N-dealkylation sites (tertiary alicyclic amines) is 1. The van der Waals surface area contributed by atoms with Crippen LogP contribution in [0.3, 0.4) is 0 Å². The molecule has 3 heterocycles. The van der Waals surface area contributed by atoms with Crippen LogP contribution < -0.4 is 131 Å². The number of thioether (sulfide) groups is 1. The van der Waals surface area contributed by atoms with Gasteiger partial charge in [0.1, 0.15) is 90.3 Å². The molecule has 3 aromatic carbocycles. The number of fused-ring (bicyclic) bond motifs is 1. The predicted molar refractivity (Wildman–Crippen MR) is 560 cm³/mol. The molecule has 0 saturated carbocycles. The lowest BCUT2D eigenvalue weighted by molar-refractivity contribution is -0.142. The number of aromatic hydroxyl groups is 1. The number of imidazole rings is 1. The average molecular weight is 2120 g/mol. The van der Waals surface area contributed by atoms with Crippen LogP contribution in [-0.4, -0.2) is 323 Å². The summed E-state index contributed by atoms with van der Waals surface area (Å²) >= 11 is 1.25. The Bertz CT molecular complexity index is 5160. The van der Waals surface area contributed by atoms with E-state index < -0.39 is 242 Å². The monoisotopic (exact) mass is 2120 g/mol. The SMILES string of the molecule is CSCC[C@H](NC(=O)[C@H](CO)NC(=O)[C@H](Cc1ccc(O)cc1)NC(=O)CCN)C(=O)N[C@H](CCC(=O)O)C(=O)N[C@@H](Cc1cnc[nH]1)C(=O)N[C@@H](Cc1ccccc1)C(=O)N[C@H](CCCNC(=N)N)C(=O)N[C@@H](Cc1c[nH]c2ccccc12)C(=O)NCC(=O)N[C@H](CCCCN)C(=O)N1CCC[C@H]1C(=O)N[C@@H](C(=O)NCC(=O)N[C@H](CCCCN)C(=O)N[C@H](CCCCN)C(=O)N[C@@H](CCCCN)C(=O)NCCCCN)C(C)C. The topological polar surface area (TPSA) is 826 Å². The standard InChI is InChI=1S/C99H155N29O21S/c1-59(2)84(97(148)113-56-81(132)115-68(26-10-14-40-101)87(138)119-69(27-11-15-41-102)88(139)118-67(25-9-13-39-100)85(136)109-45-18-17-43-104)127-96(147)79-30-20-47-128(79)98(149)73(28-12-16-42-103)116-82(133)55-112-86(137)76(51-62-53-111-66-24-8-7-23-65(62)66)124-89(140)70(29-19-46-110-99(106)107)120-93(144)75(49-60-21-5-4-6-22-60)123-94(145)77(52-63-54-108-58-114-63)125-90(141)71(35-36-83(134)135)121-91(142)72(38-48-150-3)122-95(146)78(57-129)126-92(143)74(117-80(131)37-44-105)50-61-31-33-64(130)34-32-61/h4-8,21-24,31-34,53-54,58-59,67-79,84,111,129-130H,9-20,25-30,35-52,55-57,100-105H2,1-3H3,(H,108,114)(H,109,136)(H,112,137)(H,113,148)(H,115,132)(H,116,133)(H,117,131)(H,118,139)(H,119,138)(H,120,144)(H,121,142)(H,122,146)(H,123,145)(H,124,140)(H,125,141)(H,126,143)(H,127,147)(H,134,135)(H4,106,107,110)/t67-,68+,69+,70+,71+,72-,73+,74-,75-,76-,77-,78-,79-,84+/m0/s1. The lowest BCUT2D eigenvalue weighted by atomic mass is 10.0. The van der Waals surface area contributed by atoms with Crippen molar-refractivity contribution in [1.82, 2.24) is 110 Å². The van der Waals surface area contributed by atoms with Gasteiger partial charge < -0.3 is 161 Å². The van der Waals surface area contributed by atoms with Gasteiger partial charge in [-0.3, -0.25) is 91.7 Å². The molecule has 0 radical (unpaired) electrons. The highest BCUT2D eigenvalue weighted by Gasteiger charge is 2.42. The molecule has 0 unspecified atom stereocenters. The predicted octanol–water partition coefficient (Wildman–Crippen LogP) is -5.36. The lowest BCUT2D eigenvalue weighted by Crippen LogP contribution is -2.61. The van der Waals surface area contributed by atoms with E-state index >= 15 is 14.4 Å². The van der Waals surface area contributed by atoms with Gasteiger partial charge in [0.25, 0.3) is 0 Å². The minimum Gasteiger partial charge on any atom is -0.508 e. The summed E-state index contributed by atoms with van der Waals surface area (Å²) in [6.07, 6.45) is 8.66. The Balaban J connectivity index is 1.20. The van der Waals surface area contributed by atoms with Gasteiger partial charge in [0.05, 0.1) is 26.0 Å². The maximum Gasteiger partial charge on any atom is 0.303 e. The quantitative estimate of drug-likeness (QED) is 0.00982. The second-order valence-corrected chi connectivity index (χ2v) is 38.0. The molecule has 14 atom stereocenters. The summed E-state index contributed by atoms with van der Waals surface area (Å²) in [4.78, 5) is 268. The molecule has 0 spiro atoms. The Morgan fingerprint density at radius 3 is 1.37 bits per heavy atom. The zero-order valence-corrected chi connectivity index (χ0v) is 86.3. The van der Waals surface area contributed by atoms with Crippen LogP contribution in [0.2, 0.25) is 0 Å². The minimum atomic E-state index is -1.79. The first-order valence-corrected chi connectivity index (χ1v) is 52.4. The number of aliphatic hydroxyl groups is 1. The highest BCUT2D eigenvalue weighted by molar-refractivity contribution is 7.98. The van der Waals surface area contributed by atoms with Crippen molar-refractivity contribution in [3.05, 3.63) is 120 Å². The van der Waals surface area contributed by atoms with Gasteiger partial charge >= 0.3 is 5.97 Å². The Labute approximate surface area is 875 Å². The molecule has 0 bridgehead atoms. The number of unbranched alkanes of at least 4 members (excludes halogenated alkanes) is 5. The molecule has 2 aromatic heterocycles. The number of carbonyl (C=O) groups excluding carboxylic acids is 17. The second-order valence-electron chi connectivity index (χ2n) is 37.0. The van der Waals surface area contributed by atoms with Crippen LogP contribution >= 0.6 is 11.8 Å². The summed E-state index contributed by atoms with van der Waals surface area (Å²) in [6, 6.07) is 0.903. The largest absolute Gasteiger partial charge is 0.508 e. The molecule has 17 amide bonds. The van der Waals surface area contributed by atoms with Crippen molar-refractivity contribution in [3.8, 4) is 5.75 Å². The number of amides is 17. The summed E-state index contributed by atoms with van der Waals surface area (Å²) in [5, 5.41) is 83.9. The molecule has 0 aliphatic carbocycles. The minimum absolute atomic E-state index is 0.000536. The third kappa shape index (κ3) is 44.8. The maximum absolute atomic E-state index is 15.3. The number of phenolic OH excluding ortho intramolecular Hbond substituents is 1. The highest BCUT2D eigenvalue weighted by atomic mass is 32.2. The number of aliphatic carboxylic acids is 1. The number of guanidine groups is 1. The van der Waals surface area contributed by atoms with Gasteiger partial charge in [0.15, 0.2) is 5.96 Å². The van der Waals surface area contributed by atoms with Crippen molar-refractivity contribution in [3.63, 3.8) is 0 Å². The zero-order chi connectivity index (χ0) is 110. The Kier molecular flexibility index (Phi) is 57.0. The molecule has 1 aliphatic rings. The number of phenols is 1. The number of aliphatic hydroxyl groups excluding tert-OH is 1. The van der Waals surface area contributed by atoms with Crippen LogP contribution in [0.15, 0.2) is 97.6 Å². The van der Waals surface area contributed by atoms with Crippen molar-refractivity contribution in [1.29, 1.82) is 5.41 Å².